The molecule has 1 spiro atoms. The maximum atomic E-state index is 12.4. The van der Waals surface area contributed by atoms with Crippen LogP contribution in [0.1, 0.15) is 18.4 Å². The number of halogens is 1. The second-order valence-electron chi connectivity index (χ2n) is 5.34. The van der Waals surface area contributed by atoms with Gasteiger partial charge in [-0.3, -0.25) is 10.0 Å². The number of pyridine rings is 1. The second kappa shape index (κ2) is 3.28. The molecule has 0 radical (unpaired) electrons. The Morgan fingerprint density at radius 3 is 2.84 bits per heavy atom. The van der Waals surface area contributed by atoms with Crippen LogP contribution < -0.4 is 9.63 Å². The SMILES string of the molecule is CN1C(=O)C2(CC2)c2c1c[n+](O)c1ccc(Br)cc21. The molecule has 1 N–H and O–H groups in total. The molecule has 19 heavy (non-hydrogen) atoms. The number of amides is 1. The van der Waals surface area contributed by atoms with Gasteiger partial charge in [-0.1, -0.05) is 15.9 Å². The highest BCUT2D eigenvalue weighted by molar-refractivity contribution is 9.10. The van der Waals surface area contributed by atoms with Gasteiger partial charge in [-0.05, 0) is 25.0 Å². The van der Waals surface area contributed by atoms with Crippen LogP contribution in [0.25, 0.3) is 10.9 Å². The summed E-state index contributed by atoms with van der Waals surface area (Å²) >= 11 is 3.46. The summed E-state index contributed by atoms with van der Waals surface area (Å²) in [6, 6.07) is 5.73. The van der Waals surface area contributed by atoms with Crippen molar-refractivity contribution in [3.05, 3.63) is 34.4 Å². The fraction of sp³-hybridized carbons (Fsp3) is 0.286. The van der Waals surface area contributed by atoms with Gasteiger partial charge in [-0.2, -0.15) is 0 Å². The standard InChI is InChI=1S/C14H12BrN2O2/c1-16-11-7-17(19)10-3-2-8(15)6-9(10)12(11)14(4-5-14)13(16)18/h2-3,6-7,19H,4-5H2,1H3/q+1. The van der Waals surface area contributed by atoms with Gasteiger partial charge in [0.15, 0.2) is 0 Å². The van der Waals surface area contributed by atoms with Crippen molar-refractivity contribution in [3.63, 3.8) is 0 Å². The molecule has 1 aromatic heterocycles. The smallest absolute Gasteiger partial charge is 0.265 e. The Hall–Kier alpha value is -1.62. The monoisotopic (exact) mass is 319 g/mol. The topological polar surface area (TPSA) is 44.4 Å². The molecule has 1 fully saturated rings. The number of rotatable bonds is 0. The van der Waals surface area contributed by atoms with Crippen LogP contribution in [0.15, 0.2) is 28.9 Å². The van der Waals surface area contributed by atoms with Crippen LogP contribution >= 0.6 is 15.9 Å². The quantitative estimate of drug-likeness (QED) is 0.597. The summed E-state index contributed by atoms with van der Waals surface area (Å²) in [4.78, 5) is 14.1. The predicted octanol–water partition coefficient (Wildman–Crippen LogP) is 2.14. The fourth-order valence-electron chi connectivity index (χ4n) is 3.18. The lowest BCUT2D eigenvalue weighted by atomic mass is 9.94. The largest absolute Gasteiger partial charge is 0.309 e. The van der Waals surface area contributed by atoms with E-state index in [9.17, 15) is 10.0 Å². The van der Waals surface area contributed by atoms with Crippen molar-refractivity contribution < 1.29 is 14.7 Å². The number of aromatic nitrogens is 1. The molecule has 4 rings (SSSR count). The van der Waals surface area contributed by atoms with E-state index in [2.05, 4.69) is 15.9 Å². The zero-order valence-corrected chi connectivity index (χ0v) is 11.9. The van der Waals surface area contributed by atoms with Gasteiger partial charge in [0.2, 0.25) is 12.1 Å². The number of hydrogen-bond acceptors (Lipinski definition) is 2. The normalized spacial score (nSPS) is 19.3. The highest BCUT2D eigenvalue weighted by atomic mass is 79.9. The summed E-state index contributed by atoms with van der Waals surface area (Å²) in [6.07, 6.45) is 3.44. The first-order chi connectivity index (χ1) is 9.04. The molecule has 96 valence electrons. The van der Waals surface area contributed by atoms with E-state index in [1.165, 1.54) is 0 Å². The molecule has 0 saturated heterocycles. The fourth-order valence-corrected chi connectivity index (χ4v) is 3.54. The molecule has 1 aromatic carbocycles. The highest BCUT2D eigenvalue weighted by Gasteiger charge is 2.60. The first kappa shape index (κ1) is 11.2. The van der Waals surface area contributed by atoms with E-state index in [4.69, 9.17) is 0 Å². The number of fused-ring (bicyclic) bond motifs is 4. The lowest BCUT2D eigenvalue weighted by molar-refractivity contribution is -0.884. The molecule has 1 aliphatic heterocycles. The average Bonchev–Trinajstić information content (AvgIpc) is 3.14. The first-order valence-electron chi connectivity index (χ1n) is 6.20. The molecule has 1 amide bonds. The second-order valence-corrected chi connectivity index (χ2v) is 6.26. The van der Waals surface area contributed by atoms with Crippen LogP contribution in [0.5, 0.6) is 0 Å². The van der Waals surface area contributed by atoms with Crippen LogP contribution in [-0.2, 0) is 10.2 Å². The third-order valence-electron chi connectivity index (χ3n) is 4.28. The summed E-state index contributed by atoms with van der Waals surface area (Å²) in [5.41, 5.74) is 2.28. The number of carbonyl (C=O) groups excluding carboxylic acids is 1. The number of likely N-dealkylation sites (N-methyl/N-ethyl adjacent to an activating group) is 1. The average molecular weight is 320 g/mol. The maximum Gasteiger partial charge on any atom is 0.265 e. The van der Waals surface area contributed by atoms with Crippen molar-refractivity contribution >= 4 is 38.4 Å². The summed E-state index contributed by atoms with van der Waals surface area (Å²) in [5.74, 6) is 0.148. The molecule has 0 atom stereocenters. The van der Waals surface area contributed by atoms with Crippen LogP contribution in [-0.4, -0.2) is 18.2 Å². The third kappa shape index (κ3) is 1.23. The molecular weight excluding hydrogens is 308 g/mol. The molecular formula is C14H12BrN2O2+. The van der Waals surface area contributed by atoms with Crippen molar-refractivity contribution in [2.75, 3.05) is 11.9 Å². The molecule has 4 nitrogen and oxygen atoms in total. The van der Waals surface area contributed by atoms with E-state index in [-0.39, 0.29) is 11.3 Å². The van der Waals surface area contributed by atoms with E-state index in [1.54, 1.807) is 18.1 Å². The Morgan fingerprint density at radius 2 is 2.16 bits per heavy atom. The van der Waals surface area contributed by atoms with E-state index in [0.717, 1.165) is 44.2 Å². The van der Waals surface area contributed by atoms with Gasteiger partial charge in [0.05, 0.1) is 10.8 Å². The van der Waals surface area contributed by atoms with Crippen molar-refractivity contribution in [1.82, 2.24) is 0 Å². The Labute approximate surface area is 118 Å². The van der Waals surface area contributed by atoms with E-state index >= 15 is 0 Å². The summed E-state index contributed by atoms with van der Waals surface area (Å²) < 4.78 is 2.05. The number of anilines is 1. The van der Waals surface area contributed by atoms with Crippen LogP contribution in [0.4, 0.5) is 5.69 Å². The Kier molecular flexibility index (Phi) is 1.94. The van der Waals surface area contributed by atoms with Gasteiger partial charge in [0.25, 0.3) is 5.52 Å². The maximum absolute atomic E-state index is 12.4. The van der Waals surface area contributed by atoms with Gasteiger partial charge >= 0.3 is 0 Å². The minimum Gasteiger partial charge on any atom is -0.309 e. The molecule has 2 aromatic rings. The number of hydrogen-bond donors (Lipinski definition) is 1. The van der Waals surface area contributed by atoms with Crippen LogP contribution in [0.2, 0.25) is 0 Å². The first-order valence-corrected chi connectivity index (χ1v) is 7.00. The lowest BCUT2D eigenvalue weighted by Crippen LogP contribution is -2.32. The van der Waals surface area contributed by atoms with E-state index in [0.29, 0.717) is 0 Å². The number of carbonyl (C=O) groups is 1. The minimum absolute atomic E-state index is 0.148. The molecule has 2 heterocycles. The van der Waals surface area contributed by atoms with E-state index < -0.39 is 0 Å². The number of benzene rings is 1. The van der Waals surface area contributed by atoms with Crippen molar-refractivity contribution in [2.24, 2.45) is 0 Å². The van der Waals surface area contributed by atoms with Crippen molar-refractivity contribution in [3.8, 4) is 0 Å². The zero-order chi connectivity index (χ0) is 13.4. The zero-order valence-electron chi connectivity index (χ0n) is 10.4. The van der Waals surface area contributed by atoms with E-state index in [1.807, 2.05) is 18.2 Å². The van der Waals surface area contributed by atoms with Gasteiger partial charge in [0.1, 0.15) is 5.69 Å². The third-order valence-corrected chi connectivity index (χ3v) is 4.77. The van der Waals surface area contributed by atoms with Gasteiger partial charge < -0.3 is 4.90 Å². The Bertz CT molecular complexity index is 753. The summed E-state index contributed by atoms with van der Waals surface area (Å²) in [7, 11) is 1.78. The minimum atomic E-state index is -0.336. The Morgan fingerprint density at radius 1 is 1.42 bits per heavy atom. The Balaban J connectivity index is 2.18. The molecule has 0 bridgehead atoms. The van der Waals surface area contributed by atoms with Gasteiger partial charge in [-0.15, -0.1) is 0 Å². The van der Waals surface area contributed by atoms with Crippen molar-refractivity contribution in [2.45, 2.75) is 18.3 Å². The number of nitrogens with zero attached hydrogens (tertiary/aromatic N) is 2. The van der Waals surface area contributed by atoms with Crippen LogP contribution in [0.3, 0.4) is 0 Å². The molecule has 2 aliphatic rings. The lowest BCUT2D eigenvalue weighted by Gasteiger charge is -2.07. The van der Waals surface area contributed by atoms with Crippen molar-refractivity contribution in [1.29, 1.82) is 0 Å². The highest BCUT2D eigenvalue weighted by Crippen LogP contribution is 2.58. The molecule has 1 aliphatic carbocycles. The molecule has 0 unspecified atom stereocenters. The molecule has 1 saturated carbocycles. The van der Waals surface area contributed by atoms with Gasteiger partial charge in [-0.25, -0.2) is 0 Å². The summed E-state index contributed by atoms with van der Waals surface area (Å²) in [5, 5.41) is 11.0. The summed E-state index contributed by atoms with van der Waals surface area (Å²) in [6.45, 7) is 0. The molecule has 5 heteroatoms. The predicted molar refractivity (Wildman–Crippen MR) is 73.3 cm³/mol. The van der Waals surface area contributed by atoms with Gasteiger partial charge in [0, 0.05) is 27.9 Å². The van der Waals surface area contributed by atoms with Crippen LogP contribution in [0, 0.1) is 0 Å².